The number of rotatable bonds is 10. The molecule has 2 aliphatic rings. The summed E-state index contributed by atoms with van der Waals surface area (Å²) in [6.45, 7) is 3.95. The van der Waals surface area contributed by atoms with Crippen LogP contribution in [-0.4, -0.2) is 89.4 Å². The SMILES string of the molecule is Nc1nc(NC2CCN(S(=O)(=O)c3ccc(CCCN4CCCCC4)nc3)CC2)sc1C(=O)c1c(F)cccc1F.O=C(O)C(F)(F)F. The normalized spacial score (nSPS) is 16.6. The van der Waals surface area contributed by atoms with E-state index >= 15 is 0 Å². The minimum atomic E-state index is -5.08. The lowest BCUT2D eigenvalue weighted by atomic mass is 10.1. The molecule has 0 unspecified atom stereocenters. The third kappa shape index (κ3) is 9.67. The third-order valence-corrected chi connectivity index (χ3v) is 10.7. The second kappa shape index (κ2) is 16.1. The van der Waals surface area contributed by atoms with Gasteiger partial charge in [-0.25, -0.2) is 27.0 Å². The van der Waals surface area contributed by atoms with Crippen molar-refractivity contribution in [1.29, 1.82) is 0 Å². The molecule has 1 aromatic carbocycles. The Balaban J connectivity index is 0.000000671. The number of ketones is 1. The Morgan fingerprint density at radius 1 is 1.02 bits per heavy atom. The molecule has 48 heavy (non-hydrogen) atoms. The minimum Gasteiger partial charge on any atom is -0.475 e. The molecule has 4 N–H and O–H groups in total. The number of anilines is 2. The highest BCUT2D eigenvalue weighted by Gasteiger charge is 2.38. The smallest absolute Gasteiger partial charge is 0.475 e. The summed E-state index contributed by atoms with van der Waals surface area (Å²) < 4.78 is 87.8. The number of piperidine rings is 2. The van der Waals surface area contributed by atoms with Gasteiger partial charge in [0.05, 0.1) is 5.56 Å². The number of aryl methyl sites for hydroxylation is 1. The molecule has 0 atom stereocenters. The number of hydrogen-bond donors (Lipinski definition) is 3. The van der Waals surface area contributed by atoms with Crippen LogP contribution < -0.4 is 11.1 Å². The van der Waals surface area contributed by atoms with Crippen LogP contribution in [0.25, 0.3) is 0 Å². The summed E-state index contributed by atoms with van der Waals surface area (Å²) in [6.07, 6.45) is 3.03. The standard InChI is InChI=1S/C28H34F2N6O3S2.C2HF3O2/c29-22-7-4-8-23(30)24(22)25(37)26-27(31)34-28(40-26)33-20-11-16-36(17-12-20)41(38,39)21-10-9-19(32-18-21)6-5-15-35-13-2-1-3-14-35;3-2(4,5)1(6)7/h4,7-10,18,20H,1-3,5-6,11-17,31H2,(H,33,34);(H,6,7). The Labute approximate surface area is 278 Å². The van der Waals surface area contributed by atoms with Crippen LogP contribution in [0.2, 0.25) is 0 Å². The predicted octanol–water partition coefficient (Wildman–Crippen LogP) is 4.95. The number of carbonyl (C=O) groups excluding carboxylic acids is 1. The fourth-order valence-corrected chi connectivity index (χ4v) is 7.65. The van der Waals surface area contributed by atoms with Crippen LogP contribution in [0.1, 0.15) is 59.5 Å². The van der Waals surface area contributed by atoms with Crippen molar-refractivity contribution in [2.75, 3.05) is 43.8 Å². The van der Waals surface area contributed by atoms with Crippen molar-refractivity contribution in [3.05, 3.63) is 64.3 Å². The topological polar surface area (TPSA) is 159 Å². The maximum atomic E-state index is 14.1. The second-order valence-corrected chi connectivity index (χ2v) is 14.2. The first-order chi connectivity index (χ1) is 22.7. The number of likely N-dealkylation sites (tertiary alicyclic amines) is 1. The highest BCUT2D eigenvalue weighted by Crippen LogP contribution is 2.31. The summed E-state index contributed by atoms with van der Waals surface area (Å²) in [5.41, 5.74) is 6.12. The Morgan fingerprint density at radius 3 is 2.21 bits per heavy atom. The number of aliphatic carboxylic acids is 1. The molecule has 0 radical (unpaired) electrons. The van der Waals surface area contributed by atoms with Gasteiger partial charge in [-0.05, 0) is 82.4 Å². The van der Waals surface area contributed by atoms with Gasteiger partial charge in [-0.15, -0.1) is 0 Å². The number of nitrogens with two attached hydrogens (primary N) is 1. The average molecular weight is 719 g/mol. The van der Waals surface area contributed by atoms with Crippen LogP contribution in [0.4, 0.5) is 32.9 Å². The van der Waals surface area contributed by atoms with Gasteiger partial charge < -0.3 is 21.1 Å². The monoisotopic (exact) mass is 718 g/mol. The van der Waals surface area contributed by atoms with Crippen molar-refractivity contribution < 1.29 is 45.1 Å². The molecule has 3 aromatic rings. The number of sulfonamides is 1. The number of nitrogens with zero attached hydrogens (tertiary/aromatic N) is 4. The number of pyridine rings is 1. The molecule has 2 aliphatic heterocycles. The van der Waals surface area contributed by atoms with E-state index in [2.05, 4.69) is 20.2 Å². The molecular formula is C30H35F5N6O5S2. The first kappa shape index (κ1) is 37.1. The van der Waals surface area contributed by atoms with Gasteiger partial charge >= 0.3 is 12.1 Å². The molecule has 2 fully saturated rings. The van der Waals surface area contributed by atoms with Crippen molar-refractivity contribution in [2.24, 2.45) is 0 Å². The first-order valence-corrected chi connectivity index (χ1v) is 17.4. The summed E-state index contributed by atoms with van der Waals surface area (Å²) in [4.78, 5) is 32.8. The highest BCUT2D eigenvalue weighted by molar-refractivity contribution is 7.89. The number of benzene rings is 1. The molecule has 5 rings (SSSR count). The molecule has 262 valence electrons. The fraction of sp³-hybridized carbons (Fsp3) is 0.467. The molecule has 2 aromatic heterocycles. The van der Waals surface area contributed by atoms with Crippen LogP contribution in [0, 0.1) is 11.6 Å². The Kier molecular flexibility index (Phi) is 12.4. The van der Waals surface area contributed by atoms with Crippen LogP contribution in [0.5, 0.6) is 0 Å². The van der Waals surface area contributed by atoms with E-state index in [0.29, 0.717) is 31.1 Å². The molecule has 4 heterocycles. The number of carboxylic acids is 1. The van der Waals surface area contributed by atoms with E-state index in [1.807, 2.05) is 0 Å². The molecular weight excluding hydrogens is 683 g/mol. The van der Waals surface area contributed by atoms with Crippen molar-refractivity contribution >= 4 is 44.1 Å². The number of carboxylic acid groups (broad SMARTS) is 1. The maximum absolute atomic E-state index is 14.1. The van der Waals surface area contributed by atoms with Gasteiger partial charge in [0, 0.05) is 31.0 Å². The molecule has 11 nitrogen and oxygen atoms in total. The molecule has 0 spiro atoms. The van der Waals surface area contributed by atoms with Gasteiger partial charge in [0.25, 0.3) is 0 Å². The zero-order valence-electron chi connectivity index (χ0n) is 25.7. The second-order valence-electron chi connectivity index (χ2n) is 11.3. The van der Waals surface area contributed by atoms with Crippen LogP contribution in [-0.2, 0) is 21.2 Å². The number of thiazole rings is 1. The minimum absolute atomic E-state index is 0.0565. The predicted molar refractivity (Wildman–Crippen MR) is 168 cm³/mol. The summed E-state index contributed by atoms with van der Waals surface area (Å²) in [5.74, 6) is -5.68. The van der Waals surface area contributed by atoms with Gasteiger partial charge in [-0.3, -0.25) is 9.78 Å². The van der Waals surface area contributed by atoms with E-state index < -0.39 is 45.2 Å². The lowest BCUT2D eigenvalue weighted by molar-refractivity contribution is -0.192. The largest absolute Gasteiger partial charge is 0.490 e. The zero-order chi connectivity index (χ0) is 35.1. The van der Waals surface area contributed by atoms with Crippen LogP contribution in [0.15, 0.2) is 41.4 Å². The molecule has 0 saturated carbocycles. The van der Waals surface area contributed by atoms with E-state index in [4.69, 9.17) is 15.6 Å². The van der Waals surface area contributed by atoms with E-state index in [1.165, 1.54) is 35.8 Å². The van der Waals surface area contributed by atoms with Crippen LogP contribution >= 0.6 is 11.3 Å². The van der Waals surface area contributed by atoms with E-state index in [1.54, 1.807) is 12.1 Å². The van der Waals surface area contributed by atoms with Crippen molar-refractivity contribution in [1.82, 2.24) is 19.2 Å². The number of nitrogen functional groups attached to an aromatic ring is 1. The van der Waals surface area contributed by atoms with Crippen molar-refractivity contribution in [3.63, 3.8) is 0 Å². The van der Waals surface area contributed by atoms with Gasteiger partial charge in [-0.1, -0.05) is 23.8 Å². The fourth-order valence-electron chi connectivity index (χ4n) is 5.33. The third-order valence-electron chi connectivity index (χ3n) is 7.86. The first-order valence-electron chi connectivity index (χ1n) is 15.2. The lowest BCUT2D eigenvalue weighted by Gasteiger charge is -2.31. The van der Waals surface area contributed by atoms with Gasteiger partial charge in [-0.2, -0.15) is 17.5 Å². The summed E-state index contributed by atoms with van der Waals surface area (Å²) in [7, 11) is -3.68. The number of hydrogen-bond acceptors (Lipinski definition) is 10. The summed E-state index contributed by atoms with van der Waals surface area (Å²) >= 11 is 0.919. The quantitative estimate of drug-likeness (QED) is 0.194. The van der Waals surface area contributed by atoms with E-state index in [-0.39, 0.29) is 21.6 Å². The van der Waals surface area contributed by atoms with Gasteiger partial charge in [0.1, 0.15) is 27.2 Å². The number of alkyl halides is 3. The number of nitrogens with one attached hydrogen (secondary N) is 1. The van der Waals surface area contributed by atoms with E-state index in [9.17, 15) is 35.2 Å². The number of halogens is 5. The summed E-state index contributed by atoms with van der Waals surface area (Å²) in [5, 5.41) is 10.7. The Hall–Kier alpha value is -3.74. The molecule has 0 bridgehead atoms. The van der Waals surface area contributed by atoms with E-state index in [0.717, 1.165) is 61.6 Å². The molecule has 2 saturated heterocycles. The lowest BCUT2D eigenvalue weighted by Crippen LogP contribution is -2.42. The number of aromatic nitrogens is 2. The zero-order valence-corrected chi connectivity index (χ0v) is 27.3. The van der Waals surface area contributed by atoms with Crippen molar-refractivity contribution in [2.45, 2.75) is 62.1 Å². The highest BCUT2D eigenvalue weighted by atomic mass is 32.2. The molecule has 18 heteroatoms. The van der Waals surface area contributed by atoms with Crippen molar-refractivity contribution in [3.8, 4) is 0 Å². The Morgan fingerprint density at radius 2 is 1.65 bits per heavy atom. The van der Waals surface area contributed by atoms with Gasteiger partial charge in [0.15, 0.2) is 5.13 Å². The average Bonchev–Trinajstić information content (AvgIpc) is 3.41. The molecule has 0 amide bonds. The van der Waals surface area contributed by atoms with Crippen LogP contribution in [0.3, 0.4) is 0 Å². The van der Waals surface area contributed by atoms with Gasteiger partial charge in [0.2, 0.25) is 15.8 Å². The molecule has 0 aliphatic carbocycles. The maximum Gasteiger partial charge on any atom is 0.490 e. The number of carbonyl (C=O) groups is 2. The summed E-state index contributed by atoms with van der Waals surface area (Å²) in [6, 6.07) is 6.53. The Bertz CT molecular complexity index is 1650.